The lowest BCUT2D eigenvalue weighted by Crippen LogP contribution is -2.10. The van der Waals surface area contributed by atoms with Gasteiger partial charge in [0.2, 0.25) is 0 Å². The van der Waals surface area contributed by atoms with Crippen molar-refractivity contribution in [3.05, 3.63) is 80.2 Å². The number of hydrogen-bond donors (Lipinski definition) is 0. The Labute approximate surface area is 148 Å². The average molecular weight is 353 g/mol. The molecule has 26 heavy (non-hydrogen) atoms. The number of nitrogens with zero attached hydrogens (tertiary/aromatic N) is 5. The third kappa shape index (κ3) is 4.73. The van der Waals surface area contributed by atoms with Gasteiger partial charge in [-0.1, -0.05) is 35.4 Å². The van der Waals surface area contributed by atoms with E-state index in [0.717, 1.165) is 0 Å². The lowest BCUT2D eigenvalue weighted by Gasteiger charge is -2.07. The summed E-state index contributed by atoms with van der Waals surface area (Å²) in [6.45, 7) is 2.02. The zero-order chi connectivity index (χ0) is 18.9. The van der Waals surface area contributed by atoms with Crippen LogP contribution in [0.3, 0.4) is 0 Å². The van der Waals surface area contributed by atoms with E-state index in [-0.39, 0.29) is 16.9 Å². The van der Waals surface area contributed by atoms with Gasteiger partial charge in [0.15, 0.2) is 12.0 Å². The maximum absolute atomic E-state index is 12.7. The lowest BCUT2D eigenvalue weighted by atomic mass is 10.0. The fourth-order valence-corrected chi connectivity index (χ4v) is 2.15. The summed E-state index contributed by atoms with van der Waals surface area (Å²) in [7, 11) is 0. The number of ketones is 1. The van der Waals surface area contributed by atoms with Crippen molar-refractivity contribution in [3.63, 3.8) is 0 Å². The predicted octanol–water partition coefficient (Wildman–Crippen LogP) is 4.20. The smallest absolute Gasteiger partial charge is 0.270 e. The molecule has 0 aliphatic carbocycles. The Morgan fingerprint density at radius 1 is 1.35 bits per heavy atom. The molecule has 2 aromatic carbocycles. The van der Waals surface area contributed by atoms with Gasteiger partial charge in [-0.25, -0.2) is 0 Å². The molecule has 0 spiro atoms. The van der Waals surface area contributed by atoms with Gasteiger partial charge in [0.05, 0.1) is 16.2 Å². The van der Waals surface area contributed by atoms with Crippen LogP contribution >= 0.6 is 0 Å². The van der Waals surface area contributed by atoms with Crippen LogP contribution in [0.5, 0.6) is 0 Å². The van der Waals surface area contributed by atoms with E-state index >= 15 is 0 Å². The van der Waals surface area contributed by atoms with Gasteiger partial charge < -0.3 is 4.74 Å². The number of benzene rings is 2. The largest absolute Gasteiger partial charge is 0.367 e. The molecule has 1 unspecified atom stereocenters. The van der Waals surface area contributed by atoms with E-state index in [2.05, 4.69) is 15.0 Å². The van der Waals surface area contributed by atoms with E-state index in [1.807, 2.05) is 0 Å². The van der Waals surface area contributed by atoms with Crippen molar-refractivity contribution in [1.82, 2.24) is 0 Å². The second-order valence-electron chi connectivity index (χ2n) is 4.98. The number of non-ortho nitro benzene ring substituents is 1. The Morgan fingerprint density at radius 2 is 2.08 bits per heavy atom. The number of ether oxygens (including phenoxy) is 1. The molecule has 2 aromatic rings. The number of aliphatic imine (C=N–C) groups is 1. The predicted molar refractivity (Wildman–Crippen MR) is 95.7 cm³/mol. The van der Waals surface area contributed by atoms with Gasteiger partial charge in [0.25, 0.3) is 5.69 Å². The molecular weight excluding hydrogens is 338 g/mol. The molecule has 0 saturated heterocycles. The quantitative estimate of drug-likeness (QED) is 0.134. The fraction of sp³-hybridized carbons (Fsp3) is 0.176. The van der Waals surface area contributed by atoms with Crippen LogP contribution in [-0.4, -0.2) is 29.8 Å². The molecule has 0 amide bonds. The Bertz CT molecular complexity index is 876. The van der Waals surface area contributed by atoms with E-state index in [0.29, 0.717) is 12.2 Å². The molecule has 9 nitrogen and oxygen atoms in total. The minimum atomic E-state index is -0.945. The molecule has 0 bridgehead atoms. The monoisotopic (exact) mass is 353 g/mol. The molecule has 0 radical (unpaired) electrons. The molecule has 0 fully saturated rings. The van der Waals surface area contributed by atoms with Crippen molar-refractivity contribution in [1.29, 1.82) is 0 Å². The summed E-state index contributed by atoms with van der Waals surface area (Å²) in [5, 5.41) is 14.5. The van der Waals surface area contributed by atoms with Gasteiger partial charge in [0.1, 0.15) is 0 Å². The number of azide groups is 1. The van der Waals surface area contributed by atoms with Crippen molar-refractivity contribution in [2.75, 3.05) is 6.61 Å². The first-order valence-corrected chi connectivity index (χ1v) is 7.65. The highest BCUT2D eigenvalue weighted by molar-refractivity contribution is 6.12. The van der Waals surface area contributed by atoms with E-state index in [1.165, 1.54) is 24.4 Å². The Kier molecular flexibility index (Phi) is 6.55. The molecule has 0 N–H and O–H groups in total. The lowest BCUT2D eigenvalue weighted by molar-refractivity contribution is -0.384. The number of nitro benzene ring substituents is 1. The highest BCUT2D eigenvalue weighted by Gasteiger charge is 2.18. The van der Waals surface area contributed by atoms with Crippen molar-refractivity contribution in [2.45, 2.75) is 13.2 Å². The Balaban J connectivity index is 2.47. The topological polar surface area (TPSA) is 131 Å². The van der Waals surface area contributed by atoms with Crippen LogP contribution in [0.15, 0.2) is 58.6 Å². The Morgan fingerprint density at radius 3 is 2.69 bits per heavy atom. The summed E-state index contributed by atoms with van der Waals surface area (Å²) in [5.74, 6) is -0.404. The van der Waals surface area contributed by atoms with Gasteiger partial charge in [0, 0.05) is 35.4 Å². The van der Waals surface area contributed by atoms with Crippen molar-refractivity contribution < 1.29 is 14.5 Å². The first-order valence-electron chi connectivity index (χ1n) is 7.65. The van der Waals surface area contributed by atoms with Gasteiger partial charge in [-0.2, -0.15) is 0 Å². The third-order valence-corrected chi connectivity index (χ3v) is 3.32. The number of carbonyl (C=O) groups is 1. The molecule has 0 aliphatic heterocycles. The molecule has 0 aliphatic rings. The second-order valence-corrected chi connectivity index (χ2v) is 4.98. The summed E-state index contributed by atoms with van der Waals surface area (Å²) < 4.78 is 5.19. The highest BCUT2D eigenvalue weighted by Crippen LogP contribution is 2.27. The molecule has 1 atom stereocenters. The second kappa shape index (κ2) is 9.07. The summed E-state index contributed by atoms with van der Waals surface area (Å²) in [5.41, 5.74) is 8.97. The van der Waals surface area contributed by atoms with Crippen LogP contribution < -0.4 is 0 Å². The van der Waals surface area contributed by atoms with Gasteiger partial charge >= 0.3 is 0 Å². The summed E-state index contributed by atoms with van der Waals surface area (Å²) >= 11 is 0. The first-order chi connectivity index (χ1) is 12.6. The van der Waals surface area contributed by atoms with Crippen LogP contribution in [0.25, 0.3) is 10.4 Å². The standard InChI is InChI=1S/C17H15N5O4/c1-2-26-16(20-21-18)11-19-15-9-8-13(22(24)25)10-14(15)17(23)12-6-4-3-5-7-12/h3-11,16H,2H2,1H3. The number of carbonyl (C=O) groups excluding carboxylic acids is 1. The van der Waals surface area contributed by atoms with Crippen LogP contribution in [0.4, 0.5) is 11.4 Å². The van der Waals surface area contributed by atoms with Crippen molar-refractivity contribution in [3.8, 4) is 0 Å². The normalized spacial score (nSPS) is 11.7. The number of rotatable bonds is 8. The average Bonchev–Trinajstić information content (AvgIpc) is 2.66. The molecular formula is C17H15N5O4. The van der Waals surface area contributed by atoms with Crippen LogP contribution in [0, 0.1) is 10.1 Å². The zero-order valence-corrected chi connectivity index (χ0v) is 13.8. The Hall–Kier alpha value is -3.55. The van der Waals surface area contributed by atoms with Gasteiger partial charge in [-0.15, -0.1) is 0 Å². The zero-order valence-electron chi connectivity index (χ0n) is 13.8. The SMILES string of the molecule is CCOC(C=Nc1ccc([N+](=O)[O-])cc1C(=O)c1ccccc1)N=[N+]=[N-]. The molecule has 0 aromatic heterocycles. The van der Waals surface area contributed by atoms with Gasteiger partial charge in [-0.3, -0.25) is 19.9 Å². The number of nitro groups is 1. The molecule has 0 heterocycles. The van der Waals surface area contributed by atoms with Crippen LogP contribution in [-0.2, 0) is 4.74 Å². The highest BCUT2D eigenvalue weighted by atomic mass is 16.6. The summed E-state index contributed by atoms with van der Waals surface area (Å²) in [4.78, 5) is 30.0. The van der Waals surface area contributed by atoms with E-state index in [1.54, 1.807) is 37.3 Å². The maximum atomic E-state index is 12.7. The third-order valence-electron chi connectivity index (χ3n) is 3.32. The van der Waals surface area contributed by atoms with E-state index < -0.39 is 16.9 Å². The summed E-state index contributed by atoms with van der Waals surface area (Å²) in [6.07, 6.45) is 0.298. The maximum Gasteiger partial charge on any atom is 0.270 e. The molecule has 0 saturated carbocycles. The molecule has 132 valence electrons. The minimum Gasteiger partial charge on any atom is -0.367 e. The van der Waals surface area contributed by atoms with Crippen molar-refractivity contribution >= 4 is 23.4 Å². The van der Waals surface area contributed by atoms with Gasteiger partial charge in [-0.05, 0) is 18.5 Å². The minimum absolute atomic E-state index is 0.0674. The molecule has 2 rings (SSSR count). The van der Waals surface area contributed by atoms with Crippen molar-refractivity contribution in [2.24, 2.45) is 10.1 Å². The van der Waals surface area contributed by atoms with Crippen LogP contribution in [0.1, 0.15) is 22.8 Å². The van der Waals surface area contributed by atoms with E-state index in [9.17, 15) is 14.9 Å². The number of hydrogen-bond acceptors (Lipinski definition) is 6. The van der Waals surface area contributed by atoms with Crippen LogP contribution in [0.2, 0.25) is 0 Å². The molecule has 9 heteroatoms. The first kappa shape index (κ1) is 18.8. The summed E-state index contributed by atoms with van der Waals surface area (Å²) in [6, 6.07) is 12.2. The fourth-order valence-electron chi connectivity index (χ4n) is 2.15. The van der Waals surface area contributed by atoms with E-state index in [4.69, 9.17) is 10.3 Å².